The number of methoxy groups -OCH3 is 1. The molecule has 42 heavy (non-hydrogen) atoms. The van der Waals surface area contributed by atoms with E-state index in [9.17, 15) is 24.0 Å². The molecule has 2 atom stereocenters. The molecule has 12 heteroatoms. The molecule has 3 aliphatic rings. The Kier molecular flexibility index (Phi) is 6.10. The molecule has 3 amide bonds. The number of hydrogen-bond donors (Lipinski definition) is 3. The van der Waals surface area contributed by atoms with Crippen molar-refractivity contribution in [3.8, 4) is 0 Å². The minimum absolute atomic E-state index is 0.104. The van der Waals surface area contributed by atoms with E-state index in [1.54, 1.807) is 65.7 Å². The first-order valence-corrected chi connectivity index (χ1v) is 13.4. The van der Waals surface area contributed by atoms with Crippen LogP contribution in [0.1, 0.15) is 61.6 Å². The van der Waals surface area contributed by atoms with E-state index in [0.717, 1.165) is 6.42 Å². The molecule has 0 radical (unpaired) electrons. The smallest absolute Gasteiger partial charge is 0.340 e. The number of rotatable bonds is 6. The van der Waals surface area contributed by atoms with Crippen molar-refractivity contribution >= 4 is 46.9 Å². The molecule has 0 bridgehead atoms. The molecule has 3 N–H and O–H groups in total. The van der Waals surface area contributed by atoms with Gasteiger partial charge in [-0.25, -0.2) is 4.79 Å². The third kappa shape index (κ3) is 4.09. The summed E-state index contributed by atoms with van der Waals surface area (Å²) in [5.74, 6) is -1.54. The van der Waals surface area contributed by atoms with Crippen LogP contribution in [0.25, 0.3) is 6.08 Å². The molecule has 0 aromatic carbocycles. The number of hydrogen-bond acceptors (Lipinski definition) is 6. The van der Waals surface area contributed by atoms with Crippen LogP contribution in [0.2, 0.25) is 0 Å². The monoisotopic (exact) mass is 570 g/mol. The number of esters is 1. The highest BCUT2D eigenvalue weighted by Gasteiger charge is 2.68. The first-order chi connectivity index (χ1) is 19.9. The standard InChI is InChI=1S/C30H30N6O6/c1-15-25(29(41)42-5)26-27(31-15)22(38)10-23-30(26)11-17(30)12-36(23)24(39)7-6-20-8-18(13-34(20)3)33-28(40)21-9-19(14-35(21)4)32-16(2)37/h6-10,13-14,17,31H,11-12H2,1-5H3,(H,32,37)(H,33,40). The molecule has 2 fully saturated rings. The molecule has 6 rings (SSSR count). The van der Waals surface area contributed by atoms with Crippen molar-refractivity contribution in [3.05, 3.63) is 76.3 Å². The Bertz CT molecular complexity index is 1780. The quantitative estimate of drug-likeness (QED) is 0.307. The van der Waals surface area contributed by atoms with Crippen LogP contribution in [0.15, 0.2) is 42.4 Å². The first-order valence-electron chi connectivity index (χ1n) is 13.4. The van der Waals surface area contributed by atoms with E-state index in [0.29, 0.717) is 57.5 Å². The number of nitrogens with one attached hydrogen (secondary N) is 3. The van der Waals surface area contributed by atoms with Gasteiger partial charge in [-0.3, -0.25) is 19.2 Å². The van der Waals surface area contributed by atoms with Gasteiger partial charge in [-0.05, 0) is 37.5 Å². The van der Waals surface area contributed by atoms with E-state index in [1.165, 1.54) is 26.2 Å². The van der Waals surface area contributed by atoms with Gasteiger partial charge in [0.25, 0.3) is 11.8 Å². The number of anilines is 2. The summed E-state index contributed by atoms with van der Waals surface area (Å²) in [6, 6.07) is 3.33. The minimum atomic E-state index is -0.555. The van der Waals surface area contributed by atoms with E-state index < -0.39 is 11.4 Å². The Labute approximate surface area is 241 Å². The van der Waals surface area contributed by atoms with Gasteiger partial charge in [0.15, 0.2) is 0 Å². The fraction of sp³-hybridized carbons (Fsp3) is 0.300. The van der Waals surface area contributed by atoms with Gasteiger partial charge in [0.1, 0.15) is 5.69 Å². The number of aryl methyl sites for hydroxylation is 3. The lowest BCUT2D eigenvalue weighted by molar-refractivity contribution is -0.124. The zero-order valence-corrected chi connectivity index (χ0v) is 23.8. The highest BCUT2D eigenvalue weighted by Crippen LogP contribution is 2.67. The van der Waals surface area contributed by atoms with E-state index in [2.05, 4.69) is 15.6 Å². The molecule has 1 saturated heterocycles. The number of allylic oxidation sites excluding steroid dienone is 2. The van der Waals surface area contributed by atoms with Crippen LogP contribution in [-0.4, -0.2) is 62.1 Å². The summed E-state index contributed by atoms with van der Waals surface area (Å²) in [6.07, 6.45) is 8.74. The highest BCUT2D eigenvalue weighted by molar-refractivity contribution is 6.11. The molecule has 3 aromatic rings. The van der Waals surface area contributed by atoms with Crippen LogP contribution in [0.5, 0.6) is 0 Å². The minimum Gasteiger partial charge on any atom is -0.465 e. The maximum absolute atomic E-state index is 13.4. The molecular weight excluding hydrogens is 540 g/mol. The maximum atomic E-state index is 13.4. The number of aromatic nitrogens is 3. The molecule has 1 aliphatic heterocycles. The normalized spacial score (nSPS) is 20.1. The maximum Gasteiger partial charge on any atom is 0.340 e. The van der Waals surface area contributed by atoms with Crippen LogP contribution in [0.4, 0.5) is 11.4 Å². The van der Waals surface area contributed by atoms with Crippen molar-refractivity contribution in [2.45, 2.75) is 25.7 Å². The number of ketones is 1. The number of H-pyrrole nitrogens is 1. The largest absolute Gasteiger partial charge is 0.465 e. The Morgan fingerprint density at radius 3 is 2.52 bits per heavy atom. The van der Waals surface area contributed by atoms with Gasteiger partial charge in [0.2, 0.25) is 11.7 Å². The second-order valence-corrected chi connectivity index (χ2v) is 11.0. The number of piperidine rings is 1. The number of likely N-dealkylation sites (tertiary alicyclic amines) is 1. The predicted molar refractivity (Wildman–Crippen MR) is 153 cm³/mol. The molecule has 12 nitrogen and oxygen atoms in total. The average Bonchev–Trinajstić information content (AvgIpc) is 3.23. The van der Waals surface area contributed by atoms with Crippen LogP contribution < -0.4 is 10.6 Å². The Morgan fingerprint density at radius 2 is 1.81 bits per heavy atom. The van der Waals surface area contributed by atoms with Gasteiger partial charge in [0.05, 0.1) is 29.7 Å². The summed E-state index contributed by atoms with van der Waals surface area (Å²) >= 11 is 0. The van der Waals surface area contributed by atoms with E-state index in [4.69, 9.17) is 4.74 Å². The van der Waals surface area contributed by atoms with Crippen molar-refractivity contribution in [3.63, 3.8) is 0 Å². The highest BCUT2D eigenvalue weighted by atomic mass is 16.5. The van der Waals surface area contributed by atoms with Gasteiger partial charge in [-0.2, -0.15) is 0 Å². The van der Waals surface area contributed by atoms with Crippen molar-refractivity contribution in [2.24, 2.45) is 20.0 Å². The summed E-state index contributed by atoms with van der Waals surface area (Å²) in [4.78, 5) is 68.0. The lowest BCUT2D eigenvalue weighted by Gasteiger charge is -2.27. The van der Waals surface area contributed by atoms with Crippen molar-refractivity contribution in [1.82, 2.24) is 19.0 Å². The summed E-state index contributed by atoms with van der Waals surface area (Å²) in [5, 5.41) is 5.50. The second kappa shape index (κ2) is 9.47. The number of nitrogens with zero attached hydrogens (tertiary/aromatic N) is 3. The topological polar surface area (TPSA) is 148 Å². The molecule has 4 heterocycles. The third-order valence-electron chi connectivity index (χ3n) is 8.32. The van der Waals surface area contributed by atoms with Crippen LogP contribution >= 0.6 is 0 Å². The second-order valence-electron chi connectivity index (χ2n) is 11.0. The average molecular weight is 571 g/mol. The molecule has 3 aromatic heterocycles. The Balaban J connectivity index is 1.19. The molecule has 2 unspecified atom stereocenters. The summed E-state index contributed by atoms with van der Waals surface area (Å²) in [6.45, 7) is 3.58. The molecule has 2 aliphatic carbocycles. The van der Waals surface area contributed by atoms with Gasteiger partial charge < -0.3 is 34.4 Å². The first kappa shape index (κ1) is 27.1. The van der Waals surface area contributed by atoms with Crippen molar-refractivity contribution in [2.75, 3.05) is 24.3 Å². The lowest BCUT2D eigenvalue weighted by atomic mass is 9.82. The lowest BCUT2D eigenvalue weighted by Crippen LogP contribution is -2.33. The number of fused-ring (bicyclic) bond motifs is 1. The van der Waals surface area contributed by atoms with Crippen LogP contribution in [-0.2, 0) is 33.8 Å². The van der Waals surface area contributed by atoms with Gasteiger partial charge >= 0.3 is 5.97 Å². The zero-order valence-electron chi connectivity index (χ0n) is 23.8. The third-order valence-corrected chi connectivity index (χ3v) is 8.32. The fourth-order valence-electron chi connectivity index (χ4n) is 6.40. The van der Waals surface area contributed by atoms with E-state index >= 15 is 0 Å². The van der Waals surface area contributed by atoms with E-state index in [-0.39, 0.29) is 29.4 Å². The Hall–Kier alpha value is -5.13. The number of amides is 3. The number of ether oxygens (including phenoxy) is 1. The summed E-state index contributed by atoms with van der Waals surface area (Å²) in [7, 11) is 4.82. The molecular formula is C30H30N6O6. The molecule has 216 valence electrons. The van der Waals surface area contributed by atoms with Gasteiger partial charge in [-0.1, -0.05) is 0 Å². The molecule has 1 saturated carbocycles. The van der Waals surface area contributed by atoms with Crippen molar-refractivity contribution < 1.29 is 28.7 Å². The van der Waals surface area contributed by atoms with Crippen molar-refractivity contribution in [1.29, 1.82) is 0 Å². The number of carbonyl (C=O) groups is 5. The zero-order chi connectivity index (χ0) is 30.1. The van der Waals surface area contributed by atoms with Gasteiger partial charge in [-0.15, -0.1) is 0 Å². The van der Waals surface area contributed by atoms with Gasteiger partial charge in [0, 0.05) is 80.2 Å². The number of aromatic amines is 1. The van der Waals surface area contributed by atoms with Crippen LogP contribution in [0.3, 0.4) is 0 Å². The summed E-state index contributed by atoms with van der Waals surface area (Å²) < 4.78 is 8.40. The SMILES string of the molecule is COC(=O)c1c(C)[nH]c2c1C13CC1CN(C(=O)C=Cc1cc(NC(=O)c4cc(NC(C)=O)cn4C)cn1C)C3=CC2=O. The number of carbonyl (C=O) groups excluding carboxylic acids is 5. The predicted octanol–water partition coefficient (Wildman–Crippen LogP) is 2.89. The summed E-state index contributed by atoms with van der Waals surface area (Å²) in [5.41, 5.74) is 4.13. The fourth-order valence-corrected chi connectivity index (χ4v) is 6.40. The molecule has 1 spiro atoms. The van der Waals surface area contributed by atoms with E-state index in [1.807, 2.05) is 0 Å². The van der Waals surface area contributed by atoms with Crippen LogP contribution in [0, 0.1) is 12.8 Å². The Morgan fingerprint density at radius 1 is 1.10 bits per heavy atom.